The first kappa shape index (κ1) is 17.5. The van der Waals surface area contributed by atoms with Gasteiger partial charge in [0, 0.05) is 0 Å². The monoisotopic (exact) mass is 192 g/mol. The Balaban J connectivity index is -0.000000114. The molecule has 0 saturated heterocycles. The van der Waals surface area contributed by atoms with Crippen LogP contribution in [0.3, 0.4) is 0 Å². The average molecular weight is 192 g/mol. The Morgan fingerprint density at radius 2 is 1.45 bits per heavy atom. The van der Waals surface area contributed by atoms with Crippen molar-refractivity contribution in [3.05, 3.63) is 0 Å². The second-order valence-electron chi connectivity index (χ2n) is 1.27. The van der Waals surface area contributed by atoms with Crippen LogP contribution in [0, 0.1) is 0 Å². The molecular weight excluding hydrogens is 184 g/mol. The summed E-state index contributed by atoms with van der Waals surface area (Å²) in [5.41, 5.74) is 0. The number of aliphatic hydroxyl groups is 3. The fourth-order valence-electron chi connectivity index (χ4n) is 0.0577. The van der Waals surface area contributed by atoms with Gasteiger partial charge in [0.15, 0.2) is 0 Å². The van der Waals surface area contributed by atoms with Crippen LogP contribution >= 0.6 is 0 Å². The molecule has 0 spiro atoms. The molecule has 62 valence electrons. The molecule has 0 aliphatic rings. The van der Waals surface area contributed by atoms with Crippen LogP contribution in [0.4, 0.5) is 4.79 Å². The molecule has 11 heavy (non-hydrogen) atoms. The summed E-state index contributed by atoms with van der Waals surface area (Å²) in [5, 5.41) is 40.7. The van der Waals surface area contributed by atoms with E-state index in [9.17, 15) is 0 Å². The molecule has 7 heteroatoms. The van der Waals surface area contributed by atoms with E-state index < -0.39 is 12.3 Å². The fourth-order valence-corrected chi connectivity index (χ4v) is 0.0577. The summed E-state index contributed by atoms with van der Waals surface area (Å²) >= 11 is 0. The van der Waals surface area contributed by atoms with Crippen LogP contribution in [0.2, 0.25) is 0 Å². The first-order valence-electron chi connectivity index (χ1n) is 2.32. The Bertz CT molecular complexity index is 78.7. The Hall–Kier alpha value is 0.410. The van der Waals surface area contributed by atoms with Gasteiger partial charge in [-0.2, -0.15) is 0 Å². The minimum absolute atomic E-state index is 0. The Morgan fingerprint density at radius 3 is 1.45 bits per heavy atom. The SMILES string of the molecule is O=C([O-])[O-].OCC(O)CO.[Ca+2]. The van der Waals surface area contributed by atoms with Crippen molar-refractivity contribution < 1.29 is 30.3 Å². The molecule has 0 unspecified atom stereocenters. The van der Waals surface area contributed by atoms with Crippen molar-refractivity contribution in [1.29, 1.82) is 0 Å². The fraction of sp³-hybridized carbons (Fsp3) is 0.750. The summed E-state index contributed by atoms with van der Waals surface area (Å²) in [7, 11) is 0. The second kappa shape index (κ2) is 13.0. The molecule has 0 fully saturated rings. The van der Waals surface area contributed by atoms with Crippen molar-refractivity contribution in [2.45, 2.75) is 6.10 Å². The van der Waals surface area contributed by atoms with Gasteiger partial charge in [0.05, 0.1) is 13.2 Å². The van der Waals surface area contributed by atoms with Crippen molar-refractivity contribution in [2.24, 2.45) is 0 Å². The summed E-state index contributed by atoms with van der Waals surface area (Å²) in [4.78, 5) is 8.33. The molecule has 0 atom stereocenters. The number of carboxylic acid groups (broad SMARTS) is 2. The Labute approximate surface area is 93.1 Å². The van der Waals surface area contributed by atoms with Crippen molar-refractivity contribution in [1.82, 2.24) is 0 Å². The van der Waals surface area contributed by atoms with Crippen LogP contribution < -0.4 is 10.2 Å². The molecule has 0 rings (SSSR count). The summed E-state index contributed by atoms with van der Waals surface area (Å²) in [6.07, 6.45) is -3.29. The summed E-state index contributed by atoms with van der Waals surface area (Å²) < 4.78 is 0. The van der Waals surface area contributed by atoms with Gasteiger partial charge in [-0.25, -0.2) is 0 Å². The Morgan fingerprint density at radius 1 is 1.27 bits per heavy atom. The molecule has 0 saturated carbocycles. The third-order valence-corrected chi connectivity index (χ3v) is 0.421. The maximum absolute atomic E-state index is 8.33. The largest absolute Gasteiger partial charge is 2.00 e. The zero-order valence-electron chi connectivity index (χ0n) is 5.77. The molecule has 0 amide bonds. The Kier molecular flexibility index (Phi) is 20.7. The predicted octanol–water partition coefficient (Wildman–Crippen LogP) is -4.50. The first-order chi connectivity index (χ1) is 4.54. The summed E-state index contributed by atoms with van der Waals surface area (Å²) in [6.45, 7) is -0.729. The van der Waals surface area contributed by atoms with Crippen LogP contribution in [0.1, 0.15) is 0 Å². The van der Waals surface area contributed by atoms with Gasteiger partial charge in [-0.1, -0.05) is 0 Å². The van der Waals surface area contributed by atoms with Crippen LogP contribution in [0.5, 0.6) is 0 Å². The van der Waals surface area contributed by atoms with Crippen LogP contribution in [-0.4, -0.2) is 78.5 Å². The molecule has 0 radical (unpaired) electrons. The minimum atomic E-state index is -2.33. The second-order valence-corrected chi connectivity index (χ2v) is 1.27. The van der Waals surface area contributed by atoms with Gasteiger partial charge < -0.3 is 30.3 Å². The van der Waals surface area contributed by atoms with E-state index in [2.05, 4.69) is 0 Å². The van der Waals surface area contributed by atoms with Gasteiger partial charge in [0.2, 0.25) is 0 Å². The molecule has 3 N–H and O–H groups in total. The molecule has 0 aliphatic carbocycles. The molecule has 0 bridgehead atoms. The molecule has 0 aliphatic heterocycles. The molecule has 0 aromatic rings. The van der Waals surface area contributed by atoms with Gasteiger partial charge in [-0.05, 0) is 6.16 Å². The van der Waals surface area contributed by atoms with Crippen molar-refractivity contribution >= 4 is 43.9 Å². The number of rotatable bonds is 2. The van der Waals surface area contributed by atoms with Gasteiger partial charge in [-0.3, -0.25) is 0 Å². The number of aliphatic hydroxyl groups excluding tert-OH is 3. The zero-order valence-corrected chi connectivity index (χ0v) is 7.97. The topological polar surface area (TPSA) is 124 Å². The standard InChI is InChI=1S/C3H8O3.CH2O3.Ca/c4-1-3(6)2-5;2-1(3)4;/h3-6H,1-2H2;(H2,2,3,4);/q;;+2/p-2. The van der Waals surface area contributed by atoms with Crippen LogP contribution in [0.15, 0.2) is 0 Å². The third-order valence-electron chi connectivity index (χ3n) is 0.421. The van der Waals surface area contributed by atoms with Crippen molar-refractivity contribution in [3.63, 3.8) is 0 Å². The molecule has 0 heterocycles. The third kappa shape index (κ3) is 37.9. The van der Waals surface area contributed by atoms with Crippen molar-refractivity contribution in [3.8, 4) is 0 Å². The predicted molar refractivity (Wildman–Crippen MR) is 31.3 cm³/mol. The maximum atomic E-state index is 8.33. The van der Waals surface area contributed by atoms with Crippen LogP contribution in [-0.2, 0) is 0 Å². The van der Waals surface area contributed by atoms with Crippen LogP contribution in [0.25, 0.3) is 0 Å². The maximum Gasteiger partial charge on any atom is 2.00 e. The number of carbonyl (C=O) groups is 1. The normalized spacial score (nSPS) is 7.64. The number of hydrogen-bond acceptors (Lipinski definition) is 6. The van der Waals surface area contributed by atoms with Crippen molar-refractivity contribution in [2.75, 3.05) is 13.2 Å². The van der Waals surface area contributed by atoms with Gasteiger partial charge >= 0.3 is 37.7 Å². The van der Waals surface area contributed by atoms with E-state index in [0.717, 1.165) is 0 Å². The number of carbonyl (C=O) groups excluding carboxylic acids is 1. The first-order valence-corrected chi connectivity index (χ1v) is 2.32. The average Bonchev–Trinajstić information content (AvgIpc) is 1.85. The van der Waals surface area contributed by atoms with Gasteiger partial charge in [0.1, 0.15) is 6.10 Å². The summed E-state index contributed by atoms with van der Waals surface area (Å²) in [5.74, 6) is 0. The summed E-state index contributed by atoms with van der Waals surface area (Å²) in [6, 6.07) is 0. The molecule has 0 aromatic heterocycles. The van der Waals surface area contributed by atoms with E-state index in [4.69, 9.17) is 30.3 Å². The molecule has 6 nitrogen and oxygen atoms in total. The minimum Gasteiger partial charge on any atom is -0.652 e. The van der Waals surface area contributed by atoms with E-state index in [1.165, 1.54) is 0 Å². The molecular formula is C4H8CaO6. The van der Waals surface area contributed by atoms with E-state index in [1.807, 2.05) is 0 Å². The zero-order chi connectivity index (χ0) is 8.57. The van der Waals surface area contributed by atoms with E-state index >= 15 is 0 Å². The van der Waals surface area contributed by atoms with Gasteiger partial charge in [0.25, 0.3) is 0 Å². The molecule has 0 aromatic carbocycles. The van der Waals surface area contributed by atoms with E-state index in [0.29, 0.717) is 0 Å². The van der Waals surface area contributed by atoms with E-state index in [1.54, 1.807) is 0 Å². The number of hydrogen-bond donors (Lipinski definition) is 3. The quantitative estimate of drug-likeness (QED) is 0.379. The van der Waals surface area contributed by atoms with E-state index in [-0.39, 0.29) is 51.0 Å². The van der Waals surface area contributed by atoms with Gasteiger partial charge in [-0.15, -0.1) is 0 Å². The smallest absolute Gasteiger partial charge is 0.652 e.